The van der Waals surface area contributed by atoms with Crippen LogP contribution in [0.15, 0.2) is 0 Å². The van der Waals surface area contributed by atoms with E-state index in [1.54, 1.807) is 0 Å². The summed E-state index contributed by atoms with van der Waals surface area (Å²) in [6.45, 7) is 5.11. The molecule has 0 aromatic heterocycles. The summed E-state index contributed by atoms with van der Waals surface area (Å²) in [6, 6.07) is 0. The molecule has 3 heteroatoms. The van der Waals surface area contributed by atoms with Crippen molar-refractivity contribution in [1.82, 2.24) is 0 Å². The van der Waals surface area contributed by atoms with Gasteiger partial charge in [-0.25, -0.2) is 0 Å². The van der Waals surface area contributed by atoms with Crippen LogP contribution in [-0.4, -0.2) is 11.7 Å². The number of hydrogen-bond acceptors (Lipinski definition) is 1. The van der Waals surface area contributed by atoms with Gasteiger partial charge in [0.1, 0.15) is 0 Å². The van der Waals surface area contributed by atoms with E-state index in [1.165, 1.54) is 0 Å². The molecule has 1 aliphatic carbocycles. The Morgan fingerprint density at radius 1 is 1.25 bits per heavy atom. The molecule has 0 N–H and O–H groups in total. The lowest BCUT2D eigenvalue weighted by Gasteiger charge is -2.30. The summed E-state index contributed by atoms with van der Waals surface area (Å²) < 4.78 is 25.5. The third-order valence-corrected chi connectivity index (χ3v) is 3.80. The fraction of sp³-hybridized carbons (Fsp3) is 0.923. The standard InChI is InChI=1S/C13H22F2O/c1-9(2)11-6-4-10(5-7-11)8-12(16)13(3,14)15/h9-11H,4-8H2,1-3H3. The van der Waals surface area contributed by atoms with Gasteiger partial charge in [0.15, 0.2) is 0 Å². The van der Waals surface area contributed by atoms with Gasteiger partial charge in [-0.1, -0.05) is 13.8 Å². The normalized spacial score (nSPS) is 27.1. The highest BCUT2D eigenvalue weighted by Crippen LogP contribution is 2.35. The minimum absolute atomic E-state index is 0.0638. The maximum absolute atomic E-state index is 12.7. The molecule has 1 fully saturated rings. The molecule has 0 aromatic carbocycles. The molecule has 1 nitrogen and oxygen atoms in total. The quantitative estimate of drug-likeness (QED) is 0.714. The molecule has 1 aliphatic rings. The van der Waals surface area contributed by atoms with E-state index >= 15 is 0 Å². The van der Waals surface area contributed by atoms with E-state index < -0.39 is 11.7 Å². The lowest BCUT2D eigenvalue weighted by molar-refractivity contribution is -0.141. The van der Waals surface area contributed by atoms with Crippen molar-refractivity contribution in [3.63, 3.8) is 0 Å². The van der Waals surface area contributed by atoms with E-state index in [1.807, 2.05) is 0 Å². The van der Waals surface area contributed by atoms with E-state index in [0.29, 0.717) is 18.8 Å². The monoisotopic (exact) mass is 232 g/mol. The van der Waals surface area contributed by atoms with Crippen LogP contribution in [0.2, 0.25) is 0 Å². The Bertz CT molecular complexity index is 235. The summed E-state index contributed by atoms with van der Waals surface area (Å²) in [5.74, 6) is -2.46. The molecule has 0 heterocycles. The Labute approximate surface area is 96.6 Å². The topological polar surface area (TPSA) is 17.1 Å². The summed E-state index contributed by atoms with van der Waals surface area (Å²) in [5, 5.41) is 0. The average molecular weight is 232 g/mol. The third kappa shape index (κ3) is 3.84. The van der Waals surface area contributed by atoms with Gasteiger partial charge in [-0.15, -0.1) is 0 Å². The summed E-state index contributed by atoms with van der Waals surface area (Å²) in [5.41, 5.74) is 0. The van der Waals surface area contributed by atoms with Crippen LogP contribution in [0.4, 0.5) is 8.78 Å². The molecular weight excluding hydrogens is 210 g/mol. The molecule has 0 radical (unpaired) electrons. The second kappa shape index (κ2) is 5.24. The number of Topliss-reactive ketones (excluding diaryl/α,β-unsaturated/α-hetero) is 1. The van der Waals surface area contributed by atoms with Gasteiger partial charge in [-0.3, -0.25) is 4.79 Å². The van der Waals surface area contributed by atoms with Crippen molar-refractivity contribution in [2.75, 3.05) is 0 Å². The Morgan fingerprint density at radius 3 is 2.12 bits per heavy atom. The fourth-order valence-electron chi connectivity index (χ4n) is 2.50. The lowest BCUT2D eigenvalue weighted by Crippen LogP contribution is -2.28. The number of alkyl halides is 2. The number of carbonyl (C=O) groups is 1. The second-order valence-electron chi connectivity index (χ2n) is 5.54. The van der Waals surface area contributed by atoms with Crippen LogP contribution in [0.5, 0.6) is 0 Å². The van der Waals surface area contributed by atoms with Crippen molar-refractivity contribution < 1.29 is 13.6 Å². The van der Waals surface area contributed by atoms with Gasteiger partial charge in [0.2, 0.25) is 5.78 Å². The van der Waals surface area contributed by atoms with E-state index in [4.69, 9.17) is 0 Å². The molecular formula is C13H22F2O. The molecule has 94 valence electrons. The van der Waals surface area contributed by atoms with Crippen LogP contribution < -0.4 is 0 Å². The van der Waals surface area contributed by atoms with Crippen LogP contribution >= 0.6 is 0 Å². The molecule has 0 aliphatic heterocycles. The predicted octanol–water partition coefficient (Wildman–Crippen LogP) is 4.06. The van der Waals surface area contributed by atoms with Gasteiger partial charge < -0.3 is 0 Å². The van der Waals surface area contributed by atoms with Crippen molar-refractivity contribution in [2.45, 2.75) is 58.8 Å². The Morgan fingerprint density at radius 2 is 1.75 bits per heavy atom. The Balaban J connectivity index is 2.35. The Hall–Kier alpha value is -0.470. The summed E-state index contributed by atoms with van der Waals surface area (Å²) in [4.78, 5) is 11.2. The molecule has 0 spiro atoms. The number of halogens is 2. The molecule has 0 amide bonds. The average Bonchev–Trinajstić information content (AvgIpc) is 2.17. The zero-order valence-corrected chi connectivity index (χ0v) is 10.4. The molecule has 16 heavy (non-hydrogen) atoms. The molecule has 0 saturated heterocycles. The molecule has 1 rings (SSSR count). The fourth-order valence-corrected chi connectivity index (χ4v) is 2.50. The van der Waals surface area contributed by atoms with E-state index in [9.17, 15) is 13.6 Å². The minimum atomic E-state index is -3.14. The summed E-state index contributed by atoms with van der Waals surface area (Å²) in [7, 11) is 0. The van der Waals surface area contributed by atoms with Gasteiger partial charge in [-0.2, -0.15) is 8.78 Å². The second-order valence-corrected chi connectivity index (χ2v) is 5.54. The van der Waals surface area contributed by atoms with Crippen molar-refractivity contribution in [3.05, 3.63) is 0 Å². The van der Waals surface area contributed by atoms with Gasteiger partial charge in [0.05, 0.1) is 0 Å². The lowest BCUT2D eigenvalue weighted by atomic mass is 9.75. The first-order valence-corrected chi connectivity index (χ1v) is 6.21. The van der Waals surface area contributed by atoms with Crippen LogP contribution in [0, 0.1) is 17.8 Å². The van der Waals surface area contributed by atoms with E-state index in [0.717, 1.165) is 25.7 Å². The number of ketones is 1. The molecule has 0 aromatic rings. The minimum Gasteiger partial charge on any atom is -0.293 e. The predicted molar refractivity (Wildman–Crippen MR) is 60.5 cm³/mol. The van der Waals surface area contributed by atoms with Crippen molar-refractivity contribution >= 4 is 5.78 Å². The first-order chi connectivity index (χ1) is 7.30. The smallest absolute Gasteiger partial charge is 0.293 e. The number of hydrogen-bond donors (Lipinski definition) is 0. The van der Waals surface area contributed by atoms with Crippen molar-refractivity contribution in [3.8, 4) is 0 Å². The maximum Gasteiger partial charge on any atom is 0.302 e. The first kappa shape index (κ1) is 13.6. The summed E-state index contributed by atoms with van der Waals surface area (Å²) >= 11 is 0. The van der Waals surface area contributed by atoms with Crippen molar-refractivity contribution in [1.29, 1.82) is 0 Å². The molecule has 0 atom stereocenters. The van der Waals surface area contributed by atoms with Gasteiger partial charge >= 0.3 is 5.92 Å². The van der Waals surface area contributed by atoms with E-state index in [2.05, 4.69) is 13.8 Å². The Kier molecular flexibility index (Phi) is 4.45. The number of rotatable bonds is 4. The van der Waals surface area contributed by atoms with E-state index in [-0.39, 0.29) is 12.3 Å². The van der Waals surface area contributed by atoms with Gasteiger partial charge in [0.25, 0.3) is 0 Å². The van der Waals surface area contributed by atoms with Crippen molar-refractivity contribution in [2.24, 2.45) is 17.8 Å². The first-order valence-electron chi connectivity index (χ1n) is 6.21. The molecule has 1 saturated carbocycles. The maximum atomic E-state index is 12.7. The van der Waals surface area contributed by atoms with Crippen LogP contribution in [-0.2, 0) is 4.79 Å². The highest BCUT2D eigenvalue weighted by atomic mass is 19.3. The highest BCUT2D eigenvalue weighted by Gasteiger charge is 2.34. The van der Waals surface area contributed by atoms with Crippen LogP contribution in [0.25, 0.3) is 0 Å². The van der Waals surface area contributed by atoms with Gasteiger partial charge in [0, 0.05) is 13.3 Å². The SMILES string of the molecule is CC(C)C1CCC(CC(=O)C(C)(F)F)CC1. The zero-order valence-electron chi connectivity index (χ0n) is 10.4. The third-order valence-electron chi connectivity index (χ3n) is 3.80. The van der Waals surface area contributed by atoms with Crippen LogP contribution in [0.1, 0.15) is 52.9 Å². The van der Waals surface area contributed by atoms with Crippen LogP contribution in [0.3, 0.4) is 0 Å². The molecule has 0 unspecified atom stereocenters. The largest absolute Gasteiger partial charge is 0.302 e. The molecule has 0 bridgehead atoms. The van der Waals surface area contributed by atoms with Gasteiger partial charge in [-0.05, 0) is 43.4 Å². The zero-order chi connectivity index (χ0) is 12.3. The number of carbonyl (C=O) groups excluding carboxylic acids is 1. The highest BCUT2D eigenvalue weighted by molar-refractivity contribution is 5.85. The summed E-state index contributed by atoms with van der Waals surface area (Å²) in [6.07, 6.45) is 4.11.